The molecule has 12 heavy (non-hydrogen) atoms. The average molecular weight is 175 g/mol. The van der Waals surface area contributed by atoms with Gasteiger partial charge in [0.1, 0.15) is 0 Å². The van der Waals surface area contributed by atoms with E-state index in [1.54, 1.807) is 0 Å². The van der Waals surface area contributed by atoms with Crippen molar-refractivity contribution in [3.63, 3.8) is 0 Å². The van der Waals surface area contributed by atoms with E-state index in [1.807, 2.05) is 0 Å². The molecule has 1 rings (SSSR count). The average Bonchev–Trinajstić information content (AvgIpc) is 2.30. The van der Waals surface area contributed by atoms with Crippen molar-refractivity contribution in [1.29, 1.82) is 0 Å². The maximum Gasteiger partial charge on any atom is 0.303 e. The number of nitrogens with zero attached hydrogens (tertiary/aromatic N) is 1. The summed E-state index contributed by atoms with van der Waals surface area (Å²) in [4.78, 5) is 14.0. The van der Waals surface area contributed by atoms with Gasteiger partial charge in [0.2, 0.25) is 5.78 Å². The highest BCUT2D eigenvalue weighted by molar-refractivity contribution is 5.89. The number of aromatic nitrogens is 1. The standard InChI is InChI=1S/C7H7F2NO2/c1-4(11)6-10-3-5(12-6)7(2,8)9/h3H,1-2H3. The van der Waals surface area contributed by atoms with E-state index >= 15 is 0 Å². The van der Waals surface area contributed by atoms with Gasteiger partial charge in [-0.2, -0.15) is 8.78 Å². The Morgan fingerprint density at radius 1 is 1.67 bits per heavy atom. The Morgan fingerprint density at radius 3 is 2.50 bits per heavy atom. The largest absolute Gasteiger partial charge is 0.432 e. The molecule has 66 valence electrons. The van der Waals surface area contributed by atoms with Crippen LogP contribution >= 0.6 is 0 Å². The fourth-order valence-electron chi connectivity index (χ4n) is 0.640. The van der Waals surface area contributed by atoms with E-state index in [0.717, 1.165) is 6.20 Å². The minimum absolute atomic E-state index is 0.286. The lowest BCUT2D eigenvalue weighted by Crippen LogP contribution is -2.04. The highest BCUT2D eigenvalue weighted by Gasteiger charge is 2.29. The van der Waals surface area contributed by atoms with Crippen molar-refractivity contribution in [1.82, 2.24) is 4.98 Å². The fourth-order valence-corrected chi connectivity index (χ4v) is 0.640. The molecule has 1 aromatic heterocycles. The van der Waals surface area contributed by atoms with E-state index < -0.39 is 17.5 Å². The fraction of sp³-hybridized carbons (Fsp3) is 0.429. The van der Waals surface area contributed by atoms with Crippen LogP contribution in [0.25, 0.3) is 0 Å². The van der Waals surface area contributed by atoms with Gasteiger partial charge in [0.25, 0.3) is 5.89 Å². The van der Waals surface area contributed by atoms with Crippen molar-refractivity contribution in [3.05, 3.63) is 17.8 Å². The van der Waals surface area contributed by atoms with Crippen LogP contribution < -0.4 is 0 Å². The Morgan fingerprint density at radius 2 is 2.25 bits per heavy atom. The van der Waals surface area contributed by atoms with Crippen molar-refractivity contribution >= 4 is 5.78 Å². The zero-order chi connectivity index (χ0) is 9.35. The van der Waals surface area contributed by atoms with Gasteiger partial charge in [0.05, 0.1) is 6.20 Å². The molecule has 1 heterocycles. The monoisotopic (exact) mass is 175 g/mol. The second kappa shape index (κ2) is 2.66. The molecule has 0 saturated heterocycles. The first-order valence-electron chi connectivity index (χ1n) is 3.26. The summed E-state index contributed by atoms with van der Waals surface area (Å²) < 4.78 is 29.5. The highest BCUT2D eigenvalue weighted by Crippen LogP contribution is 2.27. The molecule has 0 aliphatic rings. The molecule has 3 nitrogen and oxygen atoms in total. The molecule has 0 aromatic carbocycles. The summed E-state index contributed by atoms with van der Waals surface area (Å²) in [5, 5.41) is 0. The van der Waals surface area contributed by atoms with Gasteiger partial charge >= 0.3 is 5.92 Å². The van der Waals surface area contributed by atoms with Gasteiger partial charge in [0, 0.05) is 13.8 Å². The summed E-state index contributed by atoms with van der Waals surface area (Å²) in [5.41, 5.74) is 0. The number of Topliss-reactive ketones (excluding diaryl/α,β-unsaturated/α-hetero) is 1. The number of hydrogen-bond acceptors (Lipinski definition) is 3. The second-order valence-electron chi connectivity index (χ2n) is 2.47. The lowest BCUT2D eigenvalue weighted by molar-refractivity contribution is -0.00589. The molecule has 1 aromatic rings. The van der Waals surface area contributed by atoms with E-state index in [0.29, 0.717) is 6.92 Å². The molecule has 0 saturated carbocycles. The Bertz CT molecular complexity index is 301. The predicted octanol–water partition coefficient (Wildman–Crippen LogP) is 1.99. The van der Waals surface area contributed by atoms with Crippen LogP contribution in [0, 0.1) is 0 Å². The molecule has 0 fully saturated rings. The minimum Gasteiger partial charge on any atom is -0.432 e. The Kier molecular flexibility index (Phi) is 1.95. The first-order chi connectivity index (χ1) is 5.41. The molecule has 0 N–H and O–H groups in total. The van der Waals surface area contributed by atoms with E-state index in [-0.39, 0.29) is 5.89 Å². The van der Waals surface area contributed by atoms with Crippen molar-refractivity contribution in [2.75, 3.05) is 0 Å². The summed E-state index contributed by atoms with van der Waals surface area (Å²) in [6, 6.07) is 0. The van der Waals surface area contributed by atoms with Gasteiger partial charge in [0.15, 0.2) is 5.76 Å². The molecule has 0 aliphatic carbocycles. The number of rotatable bonds is 2. The number of alkyl halides is 2. The normalized spacial score (nSPS) is 11.7. The Balaban J connectivity index is 3.00. The summed E-state index contributed by atoms with van der Waals surface area (Å²) in [7, 11) is 0. The van der Waals surface area contributed by atoms with Crippen LogP contribution in [0.15, 0.2) is 10.6 Å². The second-order valence-corrected chi connectivity index (χ2v) is 2.47. The van der Waals surface area contributed by atoms with Crippen LogP contribution in [0.3, 0.4) is 0 Å². The highest BCUT2D eigenvalue weighted by atomic mass is 19.3. The molecule has 0 amide bonds. The molecular formula is C7H7F2NO2. The van der Waals surface area contributed by atoms with Gasteiger partial charge < -0.3 is 4.42 Å². The molecular weight excluding hydrogens is 168 g/mol. The third-order valence-electron chi connectivity index (χ3n) is 1.24. The minimum atomic E-state index is -3.08. The third-order valence-corrected chi connectivity index (χ3v) is 1.24. The maximum absolute atomic E-state index is 12.5. The van der Waals surface area contributed by atoms with E-state index in [4.69, 9.17) is 0 Å². The van der Waals surface area contributed by atoms with Crippen LogP contribution in [0.4, 0.5) is 8.78 Å². The lowest BCUT2D eigenvalue weighted by atomic mass is 10.3. The van der Waals surface area contributed by atoms with Gasteiger partial charge in [-0.1, -0.05) is 0 Å². The third kappa shape index (κ3) is 1.66. The molecule has 0 unspecified atom stereocenters. The maximum atomic E-state index is 12.5. The lowest BCUT2D eigenvalue weighted by Gasteiger charge is -2.03. The molecule has 0 spiro atoms. The van der Waals surface area contributed by atoms with Crippen molar-refractivity contribution in [2.24, 2.45) is 0 Å². The van der Waals surface area contributed by atoms with Crippen LogP contribution in [-0.4, -0.2) is 10.8 Å². The van der Waals surface area contributed by atoms with Crippen LogP contribution in [0.2, 0.25) is 0 Å². The van der Waals surface area contributed by atoms with E-state index in [2.05, 4.69) is 9.40 Å². The zero-order valence-corrected chi connectivity index (χ0v) is 6.60. The van der Waals surface area contributed by atoms with E-state index in [9.17, 15) is 13.6 Å². The first-order valence-corrected chi connectivity index (χ1v) is 3.26. The van der Waals surface area contributed by atoms with Crippen LogP contribution in [0.5, 0.6) is 0 Å². The van der Waals surface area contributed by atoms with Crippen molar-refractivity contribution < 1.29 is 18.0 Å². The van der Waals surface area contributed by atoms with Crippen LogP contribution in [-0.2, 0) is 5.92 Å². The number of ketones is 1. The van der Waals surface area contributed by atoms with E-state index in [1.165, 1.54) is 6.92 Å². The van der Waals surface area contributed by atoms with Crippen LogP contribution in [0.1, 0.15) is 30.3 Å². The number of hydrogen-bond donors (Lipinski definition) is 0. The number of halogens is 2. The van der Waals surface area contributed by atoms with Gasteiger partial charge in [-0.15, -0.1) is 0 Å². The van der Waals surface area contributed by atoms with Gasteiger partial charge in [-0.3, -0.25) is 4.79 Å². The zero-order valence-electron chi connectivity index (χ0n) is 6.60. The number of oxazole rings is 1. The number of carbonyl (C=O) groups excluding carboxylic acids is 1. The Labute approximate surface area is 67.4 Å². The predicted molar refractivity (Wildman–Crippen MR) is 36.1 cm³/mol. The Hall–Kier alpha value is -1.26. The van der Waals surface area contributed by atoms with Crippen molar-refractivity contribution in [3.8, 4) is 0 Å². The molecule has 0 atom stereocenters. The van der Waals surface area contributed by atoms with Crippen molar-refractivity contribution in [2.45, 2.75) is 19.8 Å². The molecule has 0 aliphatic heterocycles. The molecule has 0 radical (unpaired) electrons. The summed E-state index contributed by atoms with van der Waals surface area (Å²) in [5.74, 6) is -4.43. The van der Waals surface area contributed by atoms with Gasteiger partial charge in [-0.25, -0.2) is 4.98 Å². The number of carbonyl (C=O) groups is 1. The molecule has 5 heteroatoms. The summed E-state index contributed by atoms with van der Waals surface area (Å²) in [6.07, 6.45) is 0.858. The quantitative estimate of drug-likeness (QED) is 0.645. The summed E-state index contributed by atoms with van der Waals surface area (Å²) in [6.45, 7) is 1.88. The van der Waals surface area contributed by atoms with Gasteiger partial charge in [-0.05, 0) is 0 Å². The smallest absolute Gasteiger partial charge is 0.303 e. The first kappa shape index (κ1) is 8.83. The topological polar surface area (TPSA) is 43.1 Å². The summed E-state index contributed by atoms with van der Waals surface area (Å²) >= 11 is 0. The molecule has 0 bridgehead atoms. The SMILES string of the molecule is CC(=O)c1ncc(C(C)(F)F)o1.